The van der Waals surface area contributed by atoms with Gasteiger partial charge in [-0.15, -0.1) is 0 Å². The molecule has 0 bridgehead atoms. The van der Waals surface area contributed by atoms with Crippen molar-refractivity contribution in [2.45, 2.75) is 31.9 Å². The summed E-state index contributed by atoms with van der Waals surface area (Å²) in [6.07, 6.45) is -0.0919. The van der Waals surface area contributed by atoms with Gasteiger partial charge >= 0.3 is 0 Å². The normalized spacial score (nSPS) is 14.1. The first-order chi connectivity index (χ1) is 6.41. The second-order valence-electron chi connectivity index (χ2n) is 4.13. The highest BCUT2D eigenvalue weighted by molar-refractivity contribution is 6.31. The van der Waals surface area contributed by atoms with Crippen LogP contribution in [0.15, 0.2) is 24.3 Å². The van der Waals surface area contributed by atoms with Crippen LogP contribution in [0.4, 0.5) is 0 Å². The van der Waals surface area contributed by atoms with Gasteiger partial charge in [-0.05, 0) is 25.5 Å². The number of benzene rings is 1. The molecule has 0 amide bonds. The van der Waals surface area contributed by atoms with Crippen molar-refractivity contribution in [1.82, 2.24) is 0 Å². The first-order valence-corrected chi connectivity index (χ1v) is 4.99. The lowest BCUT2D eigenvalue weighted by molar-refractivity contribution is 0.104. The number of rotatable bonds is 3. The Hall–Kier alpha value is -0.570. The topological polar surface area (TPSA) is 46.2 Å². The molecule has 3 heteroatoms. The first-order valence-electron chi connectivity index (χ1n) is 4.61. The molecule has 78 valence electrons. The summed E-state index contributed by atoms with van der Waals surface area (Å²) >= 11 is 5.97. The highest BCUT2D eigenvalue weighted by Gasteiger charge is 2.23. The molecule has 1 rings (SSSR count). The fraction of sp³-hybridized carbons (Fsp3) is 0.455. The van der Waals surface area contributed by atoms with Crippen molar-refractivity contribution in [2.75, 3.05) is 0 Å². The fourth-order valence-electron chi connectivity index (χ4n) is 1.14. The quantitative estimate of drug-likeness (QED) is 0.807. The van der Waals surface area contributed by atoms with Gasteiger partial charge in [0.25, 0.3) is 0 Å². The van der Waals surface area contributed by atoms with Crippen LogP contribution >= 0.6 is 11.6 Å². The fourth-order valence-corrected chi connectivity index (χ4v) is 1.35. The highest BCUT2D eigenvalue weighted by Crippen LogP contribution is 2.19. The Bertz CT molecular complexity index is 306. The summed E-state index contributed by atoms with van der Waals surface area (Å²) in [5.74, 6) is 0. The molecule has 0 fully saturated rings. The Balaban J connectivity index is 2.75. The molecule has 0 radical (unpaired) electrons. The van der Waals surface area contributed by atoms with Gasteiger partial charge in [0.05, 0.1) is 6.10 Å². The molecule has 0 spiro atoms. The zero-order valence-corrected chi connectivity index (χ0v) is 9.25. The molecule has 1 aromatic rings. The van der Waals surface area contributed by atoms with Crippen molar-refractivity contribution >= 4 is 11.6 Å². The van der Waals surface area contributed by atoms with E-state index in [1.807, 2.05) is 24.3 Å². The van der Waals surface area contributed by atoms with E-state index in [0.717, 1.165) is 5.56 Å². The van der Waals surface area contributed by atoms with Gasteiger partial charge in [-0.2, -0.15) is 0 Å². The molecule has 0 saturated carbocycles. The summed E-state index contributed by atoms with van der Waals surface area (Å²) in [4.78, 5) is 0. The van der Waals surface area contributed by atoms with Crippen molar-refractivity contribution in [3.8, 4) is 0 Å². The largest absolute Gasteiger partial charge is 0.391 e. The van der Waals surface area contributed by atoms with Crippen molar-refractivity contribution in [3.63, 3.8) is 0 Å². The Morgan fingerprint density at radius 2 is 2.00 bits per heavy atom. The van der Waals surface area contributed by atoms with Crippen LogP contribution in [-0.2, 0) is 6.42 Å². The summed E-state index contributed by atoms with van der Waals surface area (Å²) in [5.41, 5.74) is 6.12. The lowest BCUT2D eigenvalue weighted by atomic mass is 9.93. The first kappa shape index (κ1) is 11.5. The predicted octanol–water partition coefficient (Wildman–Crippen LogP) is 1.98. The second-order valence-corrected chi connectivity index (χ2v) is 4.54. The number of aliphatic hydroxyl groups excluding tert-OH is 1. The van der Waals surface area contributed by atoms with E-state index in [-0.39, 0.29) is 0 Å². The molecule has 0 heterocycles. The van der Waals surface area contributed by atoms with E-state index < -0.39 is 11.6 Å². The minimum atomic E-state index is -0.598. The van der Waals surface area contributed by atoms with Crippen LogP contribution in [0.1, 0.15) is 19.4 Å². The third kappa shape index (κ3) is 2.98. The maximum absolute atomic E-state index is 9.78. The minimum absolute atomic E-state index is 0.489. The minimum Gasteiger partial charge on any atom is -0.391 e. The molecule has 0 aromatic heterocycles. The van der Waals surface area contributed by atoms with Crippen LogP contribution < -0.4 is 5.73 Å². The van der Waals surface area contributed by atoms with E-state index in [2.05, 4.69) is 0 Å². The standard InChI is InChI=1S/C11H16ClNO/c1-11(2,13)10(14)7-8-5-3-4-6-9(8)12/h3-6,10,14H,7,13H2,1-2H3. The van der Waals surface area contributed by atoms with Gasteiger partial charge in [0, 0.05) is 17.0 Å². The SMILES string of the molecule is CC(C)(N)C(O)Cc1ccccc1Cl. The van der Waals surface area contributed by atoms with Crippen LogP contribution in [0.5, 0.6) is 0 Å². The Kier molecular flexibility index (Phi) is 3.53. The smallest absolute Gasteiger partial charge is 0.0754 e. The summed E-state index contributed by atoms with van der Waals surface area (Å²) in [6, 6.07) is 7.48. The number of hydrogen-bond acceptors (Lipinski definition) is 2. The zero-order chi connectivity index (χ0) is 10.8. The van der Waals surface area contributed by atoms with Gasteiger partial charge < -0.3 is 10.8 Å². The lowest BCUT2D eigenvalue weighted by Gasteiger charge is -2.26. The maximum atomic E-state index is 9.78. The summed E-state index contributed by atoms with van der Waals surface area (Å²) in [6.45, 7) is 3.60. The van der Waals surface area contributed by atoms with E-state index in [9.17, 15) is 5.11 Å². The summed E-state index contributed by atoms with van der Waals surface area (Å²) in [5, 5.41) is 10.5. The molecular formula is C11H16ClNO. The molecule has 0 aliphatic heterocycles. The molecule has 1 atom stereocenters. The van der Waals surface area contributed by atoms with E-state index in [0.29, 0.717) is 11.4 Å². The molecule has 0 saturated heterocycles. The monoisotopic (exact) mass is 213 g/mol. The summed E-state index contributed by atoms with van der Waals surface area (Å²) < 4.78 is 0. The molecule has 0 aliphatic rings. The highest BCUT2D eigenvalue weighted by atomic mass is 35.5. The van der Waals surface area contributed by atoms with Crippen molar-refractivity contribution < 1.29 is 5.11 Å². The van der Waals surface area contributed by atoms with Crippen LogP contribution in [0.25, 0.3) is 0 Å². The molecule has 14 heavy (non-hydrogen) atoms. The van der Waals surface area contributed by atoms with E-state index in [4.69, 9.17) is 17.3 Å². The van der Waals surface area contributed by atoms with Gasteiger partial charge in [0.15, 0.2) is 0 Å². The van der Waals surface area contributed by atoms with Crippen molar-refractivity contribution in [2.24, 2.45) is 5.73 Å². The predicted molar refractivity (Wildman–Crippen MR) is 59.4 cm³/mol. The third-order valence-electron chi connectivity index (χ3n) is 2.23. The number of aliphatic hydroxyl groups is 1. The van der Waals surface area contributed by atoms with E-state index >= 15 is 0 Å². The Morgan fingerprint density at radius 1 is 1.43 bits per heavy atom. The van der Waals surface area contributed by atoms with Gasteiger partial charge in [0.2, 0.25) is 0 Å². The molecule has 1 unspecified atom stereocenters. The average Bonchev–Trinajstić information content (AvgIpc) is 2.07. The number of halogens is 1. The molecule has 0 aliphatic carbocycles. The third-order valence-corrected chi connectivity index (χ3v) is 2.60. The average molecular weight is 214 g/mol. The maximum Gasteiger partial charge on any atom is 0.0754 e. The Morgan fingerprint density at radius 3 is 2.50 bits per heavy atom. The van der Waals surface area contributed by atoms with E-state index in [1.165, 1.54) is 0 Å². The van der Waals surface area contributed by atoms with Gasteiger partial charge in [-0.25, -0.2) is 0 Å². The second kappa shape index (κ2) is 4.30. The molecule has 2 nitrogen and oxygen atoms in total. The number of nitrogens with two attached hydrogens (primary N) is 1. The molecule has 1 aromatic carbocycles. The van der Waals surface area contributed by atoms with Gasteiger partial charge in [-0.1, -0.05) is 29.8 Å². The van der Waals surface area contributed by atoms with Crippen molar-refractivity contribution in [1.29, 1.82) is 0 Å². The van der Waals surface area contributed by atoms with Crippen molar-refractivity contribution in [3.05, 3.63) is 34.9 Å². The van der Waals surface area contributed by atoms with Gasteiger partial charge in [0.1, 0.15) is 0 Å². The number of hydrogen-bond donors (Lipinski definition) is 2. The summed E-state index contributed by atoms with van der Waals surface area (Å²) in [7, 11) is 0. The lowest BCUT2D eigenvalue weighted by Crippen LogP contribution is -2.46. The van der Waals surface area contributed by atoms with Crippen LogP contribution in [0.3, 0.4) is 0 Å². The van der Waals surface area contributed by atoms with Gasteiger partial charge in [-0.3, -0.25) is 0 Å². The molecule has 3 N–H and O–H groups in total. The molecular weight excluding hydrogens is 198 g/mol. The van der Waals surface area contributed by atoms with Crippen LogP contribution in [-0.4, -0.2) is 16.7 Å². The van der Waals surface area contributed by atoms with Crippen LogP contribution in [0, 0.1) is 0 Å². The van der Waals surface area contributed by atoms with E-state index in [1.54, 1.807) is 13.8 Å². The Labute approximate surface area is 89.7 Å². The van der Waals surface area contributed by atoms with Crippen LogP contribution in [0.2, 0.25) is 5.02 Å². The zero-order valence-electron chi connectivity index (χ0n) is 8.50.